The van der Waals surface area contributed by atoms with Crippen LogP contribution >= 0.6 is 0 Å². The molecule has 1 aliphatic rings. The van der Waals surface area contributed by atoms with E-state index < -0.39 is 5.60 Å². The molecule has 0 saturated heterocycles. The van der Waals surface area contributed by atoms with Gasteiger partial charge in [-0.1, -0.05) is 20.3 Å². The molecule has 1 atom stereocenters. The molecule has 0 amide bonds. The Morgan fingerprint density at radius 1 is 1.41 bits per heavy atom. The van der Waals surface area contributed by atoms with Crippen molar-refractivity contribution in [2.24, 2.45) is 0 Å². The van der Waals surface area contributed by atoms with Crippen LogP contribution in [0, 0.1) is 5.82 Å². The summed E-state index contributed by atoms with van der Waals surface area (Å²) < 4.78 is 19.0. The lowest BCUT2D eigenvalue weighted by molar-refractivity contribution is 0.0309. The van der Waals surface area contributed by atoms with Gasteiger partial charge in [-0.15, -0.1) is 0 Å². The van der Waals surface area contributed by atoms with Crippen LogP contribution in [-0.2, 0) is 0 Å². The summed E-state index contributed by atoms with van der Waals surface area (Å²) in [5, 5.41) is 0. The Morgan fingerprint density at radius 3 is 2.82 bits per heavy atom. The van der Waals surface area contributed by atoms with E-state index in [2.05, 4.69) is 6.92 Å². The summed E-state index contributed by atoms with van der Waals surface area (Å²) >= 11 is 0. The van der Waals surface area contributed by atoms with Gasteiger partial charge in [0.05, 0.1) is 12.0 Å². The molecule has 3 heteroatoms. The van der Waals surface area contributed by atoms with Crippen molar-refractivity contribution in [3.63, 3.8) is 0 Å². The van der Waals surface area contributed by atoms with Crippen molar-refractivity contribution in [2.75, 3.05) is 0 Å². The lowest BCUT2D eigenvalue weighted by Crippen LogP contribution is -2.41. The van der Waals surface area contributed by atoms with E-state index in [1.807, 2.05) is 6.92 Å². The van der Waals surface area contributed by atoms with Crippen molar-refractivity contribution in [1.82, 2.24) is 0 Å². The molecule has 2 rings (SSSR count). The van der Waals surface area contributed by atoms with Crippen molar-refractivity contribution in [1.29, 1.82) is 0 Å². The maximum Gasteiger partial charge on any atom is 0.170 e. The molecule has 0 spiro atoms. The van der Waals surface area contributed by atoms with Crippen LogP contribution in [0.15, 0.2) is 18.2 Å². The Bertz CT molecular complexity index is 442. The van der Waals surface area contributed by atoms with Gasteiger partial charge in [-0.05, 0) is 31.0 Å². The number of rotatable bonds is 3. The van der Waals surface area contributed by atoms with Crippen molar-refractivity contribution in [3.8, 4) is 5.75 Å². The topological polar surface area (TPSA) is 26.3 Å². The summed E-state index contributed by atoms with van der Waals surface area (Å²) in [6.45, 7) is 4.10. The average Bonchev–Trinajstić information content (AvgIpc) is 2.31. The van der Waals surface area contributed by atoms with E-state index >= 15 is 0 Å². The van der Waals surface area contributed by atoms with Crippen LogP contribution in [0.2, 0.25) is 0 Å². The Hall–Kier alpha value is -1.38. The van der Waals surface area contributed by atoms with E-state index in [1.54, 1.807) is 6.07 Å². The van der Waals surface area contributed by atoms with Gasteiger partial charge in [0.2, 0.25) is 0 Å². The first-order valence-electron chi connectivity index (χ1n) is 6.12. The van der Waals surface area contributed by atoms with Crippen LogP contribution in [0.25, 0.3) is 0 Å². The molecule has 17 heavy (non-hydrogen) atoms. The molecule has 1 aromatic rings. The second kappa shape index (κ2) is 4.47. The SMILES string of the molecule is CCCC1(CC)CC(=O)c2cc(F)ccc2O1. The number of carbonyl (C=O) groups excluding carboxylic acids is 1. The van der Waals surface area contributed by atoms with Crippen molar-refractivity contribution in [2.45, 2.75) is 45.1 Å². The lowest BCUT2D eigenvalue weighted by Gasteiger charge is -2.37. The third kappa shape index (κ3) is 2.19. The third-order valence-electron chi connectivity index (χ3n) is 3.40. The Labute approximate surface area is 101 Å². The fourth-order valence-corrected chi connectivity index (χ4v) is 2.44. The van der Waals surface area contributed by atoms with Gasteiger partial charge in [0.15, 0.2) is 5.78 Å². The quantitative estimate of drug-likeness (QED) is 0.799. The predicted molar refractivity (Wildman–Crippen MR) is 63.9 cm³/mol. The fourth-order valence-electron chi connectivity index (χ4n) is 2.44. The summed E-state index contributed by atoms with van der Waals surface area (Å²) in [7, 11) is 0. The Morgan fingerprint density at radius 2 is 2.18 bits per heavy atom. The van der Waals surface area contributed by atoms with E-state index in [0.717, 1.165) is 19.3 Å². The molecule has 1 aliphatic heterocycles. The molecule has 1 heterocycles. The van der Waals surface area contributed by atoms with Gasteiger partial charge in [0, 0.05) is 0 Å². The van der Waals surface area contributed by atoms with Crippen LogP contribution < -0.4 is 4.74 Å². The van der Waals surface area contributed by atoms with E-state index in [9.17, 15) is 9.18 Å². The molecule has 2 nitrogen and oxygen atoms in total. The highest BCUT2D eigenvalue weighted by Gasteiger charge is 2.38. The smallest absolute Gasteiger partial charge is 0.170 e. The molecule has 0 aromatic heterocycles. The summed E-state index contributed by atoms with van der Waals surface area (Å²) in [6.07, 6.45) is 2.97. The van der Waals surface area contributed by atoms with Crippen LogP contribution in [-0.4, -0.2) is 11.4 Å². The van der Waals surface area contributed by atoms with Gasteiger partial charge in [0.1, 0.15) is 17.2 Å². The molecule has 0 radical (unpaired) electrons. The first-order chi connectivity index (χ1) is 8.10. The maximum atomic E-state index is 13.1. The number of hydrogen-bond donors (Lipinski definition) is 0. The summed E-state index contributed by atoms with van der Waals surface area (Å²) in [6, 6.07) is 4.16. The summed E-state index contributed by atoms with van der Waals surface area (Å²) in [5.74, 6) is 0.124. The third-order valence-corrected chi connectivity index (χ3v) is 3.40. The number of carbonyl (C=O) groups is 1. The molecule has 0 saturated carbocycles. The zero-order valence-electron chi connectivity index (χ0n) is 10.3. The minimum Gasteiger partial charge on any atom is -0.486 e. The van der Waals surface area contributed by atoms with E-state index in [0.29, 0.717) is 17.7 Å². The molecule has 0 fully saturated rings. The lowest BCUT2D eigenvalue weighted by atomic mass is 9.84. The van der Waals surface area contributed by atoms with Crippen LogP contribution in [0.1, 0.15) is 49.9 Å². The fraction of sp³-hybridized carbons (Fsp3) is 0.500. The molecular formula is C14H17FO2. The normalized spacial score (nSPS) is 23.1. The summed E-state index contributed by atoms with van der Waals surface area (Å²) in [5.41, 5.74) is -0.0124. The van der Waals surface area contributed by atoms with Gasteiger partial charge in [0.25, 0.3) is 0 Å². The highest BCUT2D eigenvalue weighted by Crippen LogP contribution is 2.38. The highest BCUT2D eigenvalue weighted by atomic mass is 19.1. The van der Waals surface area contributed by atoms with Gasteiger partial charge in [-0.3, -0.25) is 4.79 Å². The number of ketones is 1. The Kier molecular flexibility index (Phi) is 3.18. The number of hydrogen-bond acceptors (Lipinski definition) is 2. The molecule has 0 N–H and O–H groups in total. The van der Waals surface area contributed by atoms with Gasteiger partial charge >= 0.3 is 0 Å². The molecule has 0 bridgehead atoms. The maximum absolute atomic E-state index is 13.1. The van der Waals surface area contributed by atoms with Gasteiger partial charge in [-0.25, -0.2) is 4.39 Å². The molecule has 0 aliphatic carbocycles. The van der Waals surface area contributed by atoms with E-state index in [-0.39, 0.29) is 11.6 Å². The second-order valence-corrected chi connectivity index (χ2v) is 4.63. The van der Waals surface area contributed by atoms with Crippen molar-refractivity contribution < 1.29 is 13.9 Å². The van der Waals surface area contributed by atoms with Crippen LogP contribution in [0.4, 0.5) is 4.39 Å². The van der Waals surface area contributed by atoms with Gasteiger partial charge < -0.3 is 4.74 Å². The largest absolute Gasteiger partial charge is 0.486 e. The minimum absolute atomic E-state index is 0.0129. The van der Waals surface area contributed by atoms with Gasteiger partial charge in [-0.2, -0.15) is 0 Å². The number of ether oxygens (including phenoxy) is 1. The van der Waals surface area contributed by atoms with Crippen LogP contribution in [0.5, 0.6) is 5.75 Å². The molecule has 92 valence electrons. The standard InChI is InChI=1S/C14H17FO2/c1-3-7-14(4-2)9-12(16)11-8-10(15)5-6-13(11)17-14/h5-6,8H,3-4,7,9H2,1-2H3. The van der Waals surface area contributed by atoms with Crippen LogP contribution in [0.3, 0.4) is 0 Å². The predicted octanol–water partition coefficient (Wildman–Crippen LogP) is 3.74. The Balaban J connectivity index is 2.38. The highest BCUT2D eigenvalue weighted by molar-refractivity contribution is 6.00. The summed E-state index contributed by atoms with van der Waals surface area (Å²) in [4.78, 5) is 12.0. The van der Waals surface area contributed by atoms with E-state index in [4.69, 9.17) is 4.74 Å². The minimum atomic E-state index is -0.392. The monoisotopic (exact) mass is 236 g/mol. The number of halogens is 1. The molecular weight excluding hydrogens is 219 g/mol. The zero-order chi connectivity index (χ0) is 12.5. The number of benzene rings is 1. The first kappa shape index (κ1) is 12.1. The number of fused-ring (bicyclic) bond motifs is 1. The molecule has 1 aromatic carbocycles. The second-order valence-electron chi connectivity index (χ2n) is 4.63. The van der Waals surface area contributed by atoms with Crippen molar-refractivity contribution in [3.05, 3.63) is 29.6 Å². The zero-order valence-corrected chi connectivity index (χ0v) is 10.3. The molecule has 1 unspecified atom stereocenters. The van der Waals surface area contributed by atoms with E-state index in [1.165, 1.54) is 12.1 Å². The first-order valence-corrected chi connectivity index (χ1v) is 6.12. The van der Waals surface area contributed by atoms with Crippen molar-refractivity contribution >= 4 is 5.78 Å². The number of Topliss-reactive ketones (excluding diaryl/α,β-unsaturated/α-hetero) is 1. The average molecular weight is 236 g/mol.